The Morgan fingerprint density at radius 3 is 2.90 bits per heavy atom. The molecule has 0 saturated carbocycles. The summed E-state index contributed by atoms with van der Waals surface area (Å²) in [5.74, 6) is 0.576. The summed E-state index contributed by atoms with van der Waals surface area (Å²) in [7, 11) is 3.86. The lowest BCUT2D eigenvalue weighted by molar-refractivity contribution is 0.0939. The van der Waals surface area contributed by atoms with Crippen LogP contribution in [0.5, 0.6) is 0 Å². The molecule has 6 heteroatoms. The topological polar surface area (TPSA) is 58.4 Å². The molecule has 0 fully saturated rings. The number of carbonyl (C=O) groups excluding carboxylic acids is 1. The molecule has 20 heavy (non-hydrogen) atoms. The molecule has 0 aliphatic carbocycles. The van der Waals surface area contributed by atoms with Crippen LogP contribution in [-0.4, -0.2) is 36.4 Å². The number of furan rings is 1. The van der Waals surface area contributed by atoms with Gasteiger partial charge in [-0.05, 0) is 32.3 Å². The standard InChI is InChI=1S/C14H16ClN3O2/c1-18(2)12(13-4-3-7-20-13)9-17-14(19)10-5-6-16-8-11(10)15/h3-8,12H,9H2,1-2H3,(H,17,19). The van der Waals surface area contributed by atoms with Crippen LogP contribution in [0.2, 0.25) is 5.02 Å². The molecule has 1 unspecified atom stereocenters. The van der Waals surface area contributed by atoms with Crippen molar-refractivity contribution in [2.24, 2.45) is 0 Å². The van der Waals surface area contributed by atoms with Crippen molar-refractivity contribution in [1.29, 1.82) is 0 Å². The highest BCUT2D eigenvalue weighted by atomic mass is 35.5. The minimum absolute atomic E-state index is 0.0328. The summed E-state index contributed by atoms with van der Waals surface area (Å²) in [5.41, 5.74) is 0.415. The van der Waals surface area contributed by atoms with Gasteiger partial charge in [0.25, 0.3) is 5.91 Å². The van der Waals surface area contributed by atoms with Gasteiger partial charge in [-0.15, -0.1) is 0 Å². The van der Waals surface area contributed by atoms with Crippen LogP contribution in [-0.2, 0) is 0 Å². The van der Waals surface area contributed by atoms with Gasteiger partial charge in [0.15, 0.2) is 0 Å². The molecular weight excluding hydrogens is 278 g/mol. The molecule has 1 amide bonds. The lowest BCUT2D eigenvalue weighted by Gasteiger charge is -2.22. The molecule has 0 bridgehead atoms. The number of pyridine rings is 1. The number of nitrogens with zero attached hydrogens (tertiary/aromatic N) is 2. The van der Waals surface area contributed by atoms with Gasteiger partial charge in [-0.25, -0.2) is 0 Å². The summed E-state index contributed by atoms with van der Waals surface area (Å²) in [4.78, 5) is 17.9. The number of hydrogen-bond acceptors (Lipinski definition) is 4. The van der Waals surface area contributed by atoms with E-state index in [4.69, 9.17) is 16.0 Å². The minimum Gasteiger partial charge on any atom is -0.468 e. The average molecular weight is 294 g/mol. The minimum atomic E-state index is -0.226. The fourth-order valence-corrected chi connectivity index (χ4v) is 2.07. The molecule has 2 aromatic rings. The Kier molecular flexibility index (Phi) is 4.76. The SMILES string of the molecule is CN(C)C(CNC(=O)c1ccncc1Cl)c1ccco1. The molecule has 0 radical (unpaired) electrons. The van der Waals surface area contributed by atoms with Gasteiger partial charge < -0.3 is 9.73 Å². The molecule has 2 aromatic heterocycles. The molecule has 106 valence electrons. The fraction of sp³-hybridized carbons (Fsp3) is 0.286. The van der Waals surface area contributed by atoms with Crippen molar-refractivity contribution in [2.45, 2.75) is 6.04 Å². The summed E-state index contributed by atoms with van der Waals surface area (Å²) in [6.45, 7) is 0.429. The Labute approximate surface area is 122 Å². The third kappa shape index (κ3) is 3.37. The summed E-state index contributed by atoms with van der Waals surface area (Å²) in [6.07, 6.45) is 4.61. The van der Waals surface area contributed by atoms with Crippen molar-refractivity contribution < 1.29 is 9.21 Å². The quantitative estimate of drug-likeness (QED) is 0.919. The zero-order valence-electron chi connectivity index (χ0n) is 11.3. The van der Waals surface area contributed by atoms with Crippen LogP contribution in [0.3, 0.4) is 0 Å². The maximum atomic E-state index is 12.1. The first kappa shape index (κ1) is 14.6. The van der Waals surface area contributed by atoms with Gasteiger partial charge in [0, 0.05) is 18.9 Å². The van der Waals surface area contributed by atoms with Crippen LogP contribution < -0.4 is 5.32 Å². The van der Waals surface area contributed by atoms with Crippen LogP contribution in [0.1, 0.15) is 22.2 Å². The second-order valence-corrected chi connectivity index (χ2v) is 4.97. The maximum absolute atomic E-state index is 12.1. The number of rotatable bonds is 5. The number of amides is 1. The molecule has 0 aromatic carbocycles. The highest BCUT2D eigenvalue weighted by Gasteiger charge is 2.19. The van der Waals surface area contributed by atoms with Crippen LogP contribution in [0, 0.1) is 0 Å². The fourth-order valence-electron chi connectivity index (χ4n) is 1.86. The lowest BCUT2D eigenvalue weighted by atomic mass is 10.2. The van der Waals surface area contributed by atoms with Crippen molar-refractivity contribution in [3.05, 3.63) is 53.2 Å². The van der Waals surface area contributed by atoms with Gasteiger partial charge in [0.2, 0.25) is 0 Å². The summed E-state index contributed by atoms with van der Waals surface area (Å²) < 4.78 is 5.39. The Morgan fingerprint density at radius 1 is 1.50 bits per heavy atom. The first-order chi connectivity index (χ1) is 9.59. The van der Waals surface area contributed by atoms with Gasteiger partial charge in [0.05, 0.1) is 22.9 Å². The molecular formula is C14H16ClN3O2. The van der Waals surface area contributed by atoms with E-state index in [2.05, 4.69) is 10.3 Å². The highest BCUT2D eigenvalue weighted by Crippen LogP contribution is 2.18. The zero-order chi connectivity index (χ0) is 14.5. The number of halogens is 1. The predicted octanol–water partition coefficient (Wildman–Crippen LogP) is 2.36. The van der Waals surface area contributed by atoms with Gasteiger partial charge in [-0.3, -0.25) is 14.7 Å². The number of aromatic nitrogens is 1. The second-order valence-electron chi connectivity index (χ2n) is 4.56. The van der Waals surface area contributed by atoms with Crippen LogP contribution in [0.15, 0.2) is 41.3 Å². The van der Waals surface area contributed by atoms with Crippen molar-refractivity contribution in [3.8, 4) is 0 Å². The van der Waals surface area contributed by atoms with Crippen LogP contribution >= 0.6 is 11.6 Å². The Balaban J connectivity index is 2.03. The third-order valence-corrected chi connectivity index (χ3v) is 3.27. The summed E-state index contributed by atoms with van der Waals surface area (Å²) in [6, 6.07) is 5.27. The number of carbonyl (C=O) groups is 1. The molecule has 0 saturated heterocycles. The van der Waals surface area contributed by atoms with Crippen LogP contribution in [0.4, 0.5) is 0 Å². The number of likely N-dealkylation sites (N-methyl/N-ethyl adjacent to an activating group) is 1. The van der Waals surface area contributed by atoms with E-state index < -0.39 is 0 Å². The van der Waals surface area contributed by atoms with E-state index in [1.807, 2.05) is 31.1 Å². The van der Waals surface area contributed by atoms with E-state index in [0.29, 0.717) is 17.1 Å². The van der Waals surface area contributed by atoms with Gasteiger partial charge in [-0.2, -0.15) is 0 Å². The van der Waals surface area contributed by atoms with E-state index in [1.165, 1.54) is 12.4 Å². The lowest BCUT2D eigenvalue weighted by Crippen LogP contribution is -2.34. The molecule has 0 aliphatic heterocycles. The summed E-state index contributed by atoms with van der Waals surface area (Å²) >= 11 is 5.94. The maximum Gasteiger partial charge on any atom is 0.252 e. The molecule has 0 spiro atoms. The van der Waals surface area contributed by atoms with Crippen molar-refractivity contribution >= 4 is 17.5 Å². The molecule has 2 rings (SSSR count). The van der Waals surface area contributed by atoms with Crippen LogP contribution in [0.25, 0.3) is 0 Å². The Morgan fingerprint density at radius 2 is 2.30 bits per heavy atom. The third-order valence-electron chi connectivity index (χ3n) is 2.97. The predicted molar refractivity (Wildman–Crippen MR) is 76.7 cm³/mol. The van der Waals surface area contributed by atoms with E-state index in [-0.39, 0.29) is 11.9 Å². The molecule has 1 atom stereocenters. The van der Waals surface area contributed by atoms with Crippen molar-refractivity contribution in [2.75, 3.05) is 20.6 Å². The largest absolute Gasteiger partial charge is 0.468 e. The van der Waals surface area contributed by atoms with Gasteiger partial charge >= 0.3 is 0 Å². The van der Waals surface area contributed by atoms with E-state index in [1.54, 1.807) is 12.3 Å². The Hall–Kier alpha value is -1.85. The van der Waals surface area contributed by atoms with E-state index >= 15 is 0 Å². The monoisotopic (exact) mass is 293 g/mol. The van der Waals surface area contributed by atoms with Crippen molar-refractivity contribution in [3.63, 3.8) is 0 Å². The normalized spacial score (nSPS) is 12.4. The molecule has 0 aliphatic rings. The molecule has 1 N–H and O–H groups in total. The second kappa shape index (κ2) is 6.54. The van der Waals surface area contributed by atoms with Crippen molar-refractivity contribution in [1.82, 2.24) is 15.2 Å². The number of hydrogen-bond donors (Lipinski definition) is 1. The first-order valence-electron chi connectivity index (χ1n) is 6.17. The molecule has 2 heterocycles. The van der Waals surface area contributed by atoms with E-state index in [0.717, 1.165) is 5.76 Å². The number of nitrogens with one attached hydrogen (secondary N) is 1. The summed E-state index contributed by atoms with van der Waals surface area (Å²) in [5, 5.41) is 3.19. The first-order valence-corrected chi connectivity index (χ1v) is 6.55. The average Bonchev–Trinajstić information content (AvgIpc) is 2.92. The molecule has 5 nitrogen and oxygen atoms in total. The zero-order valence-corrected chi connectivity index (χ0v) is 12.1. The highest BCUT2D eigenvalue weighted by molar-refractivity contribution is 6.33. The van der Waals surface area contributed by atoms with E-state index in [9.17, 15) is 4.79 Å². The smallest absolute Gasteiger partial charge is 0.252 e. The van der Waals surface area contributed by atoms with Gasteiger partial charge in [0.1, 0.15) is 5.76 Å². The Bertz CT molecular complexity index is 570. The van der Waals surface area contributed by atoms with Gasteiger partial charge in [-0.1, -0.05) is 11.6 Å².